The first kappa shape index (κ1) is 16.7. The number of carbonyl (C=O) groups is 2. The fraction of sp³-hybridized carbons (Fsp3) is 0.375. The van der Waals surface area contributed by atoms with E-state index in [0.717, 1.165) is 11.8 Å². The zero-order valence-corrected chi connectivity index (χ0v) is 14.7. The van der Waals surface area contributed by atoms with Crippen LogP contribution >= 0.6 is 11.8 Å². The minimum absolute atomic E-state index is 0.239. The number of carbonyl (C=O) groups excluding carboxylic acids is 2. The molecule has 0 aliphatic carbocycles. The van der Waals surface area contributed by atoms with Gasteiger partial charge in [0.1, 0.15) is 6.61 Å². The molecule has 1 aromatic heterocycles. The molecule has 2 aliphatic rings. The van der Waals surface area contributed by atoms with Gasteiger partial charge < -0.3 is 19.2 Å². The van der Waals surface area contributed by atoms with E-state index in [1.807, 2.05) is 18.2 Å². The normalized spacial score (nSPS) is 20.0. The van der Waals surface area contributed by atoms with Crippen molar-refractivity contribution in [2.75, 3.05) is 19.7 Å². The van der Waals surface area contributed by atoms with Gasteiger partial charge in [-0.15, -0.1) is 10.2 Å². The number of nitrogens with zero attached hydrogens (tertiary/aromatic N) is 3. The van der Waals surface area contributed by atoms with Crippen LogP contribution in [0, 0.1) is 0 Å². The number of ether oxygens (including phenoxy) is 2. The number of nitrogens with one attached hydrogen (secondary N) is 1. The fourth-order valence-corrected chi connectivity index (χ4v) is 3.39. The lowest BCUT2D eigenvalue weighted by atomic mass is 10.2. The average Bonchev–Trinajstić information content (AvgIpc) is 3.29. The van der Waals surface area contributed by atoms with Crippen LogP contribution in [0.15, 0.2) is 33.9 Å². The van der Waals surface area contributed by atoms with Crippen LogP contribution in [0.5, 0.6) is 11.5 Å². The number of urea groups is 1. The van der Waals surface area contributed by atoms with Gasteiger partial charge >= 0.3 is 6.03 Å². The van der Waals surface area contributed by atoms with Gasteiger partial charge in [0, 0.05) is 13.1 Å². The van der Waals surface area contributed by atoms with E-state index in [0.29, 0.717) is 24.6 Å². The summed E-state index contributed by atoms with van der Waals surface area (Å²) in [5, 5.41) is 10.3. The van der Waals surface area contributed by atoms with Gasteiger partial charge in [-0.1, -0.05) is 23.9 Å². The monoisotopic (exact) mass is 376 g/mol. The Bertz CT molecular complexity index is 842. The van der Waals surface area contributed by atoms with Gasteiger partial charge in [0.15, 0.2) is 11.5 Å². The molecule has 26 heavy (non-hydrogen) atoms. The van der Waals surface area contributed by atoms with Crippen molar-refractivity contribution in [3.05, 3.63) is 30.2 Å². The van der Waals surface area contributed by atoms with Crippen LogP contribution in [-0.4, -0.2) is 52.0 Å². The van der Waals surface area contributed by atoms with Gasteiger partial charge in [-0.2, -0.15) is 0 Å². The summed E-state index contributed by atoms with van der Waals surface area (Å²) in [7, 11) is 0. The SMILES string of the molecule is C[C@@H](Sc1nnc([C@H]2COc3ccccc3O2)o1)C(=O)N1CCNC1=O. The molecule has 2 aromatic rings. The molecule has 9 nitrogen and oxygen atoms in total. The minimum atomic E-state index is -0.531. The Balaban J connectivity index is 1.40. The number of amides is 3. The maximum atomic E-state index is 12.3. The number of benzene rings is 1. The molecule has 10 heteroatoms. The van der Waals surface area contributed by atoms with Crippen molar-refractivity contribution in [3.8, 4) is 11.5 Å². The van der Waals surface area contributed by atoms with Crippen LogP contribution in [0.1, 0.15) is 18.9 Å². The first-order chi connectivity index (χ1) is 12.6. The number of rotatable bonds is 4. The largest absolute Gasteiger partial charge is 0.485 e. The Kier molecular flexibility index (Phi) is 4.41. The highest BCUT2D eigenvalue weighted by Gasteiger charge is 2.32. The summed E-state index contributed by atoms with van der Waals surface area (Å²) in [6.07, 6.45) is -0.512. The molecule has 2 aliphatic heterocycles. The van der Waals surface area contributed by atoms with E-state index >= 15 is 0 Å². The Morgan fingerprint density at radius 3 is 2.92 bits per heavy atom. The van der Waals surface area contributed by atoms with E-state index in [9.17, 15) is 9.59 Å². The van der Waals surface area contributed by atoms with Gasteiger partial charge in [-0.05, 0) is 19.1 Å². The van der Waals surface area contributed by atoms with Crippen LogP contribution in [0.2, 0.25) is 0 Å². The molecule has 0 spiro atoms. The minimum Gasteiger partial charge on any atom is -0.485 e. The van der Waals surface area contributed by atoms with Crippen LogP contribution in [0.4, 0.5) is 4.79 Å². The van der Waals surface area contributed by atoms with E-state index in [-0.39, 0.29) is 29.7 Å². The maximum absolute atomic E-state index is 12.3. The summed E-state index contributed by atoms with van der Waals surface area (Å²) in [5.74, 6) is 1.26. The smallest absolute Gasteiger partial charge is 0.324 e. The summed E-state index contributed by atoms with van der Waals surface area (Å²) >= 11 is 1.10. The lowest BCUT2D eigenvalue weighted by Crippen LogP contribution is -2.38. The zero-order chi connectivity index (χ0) is 18.1. The molecule has 3 amide bonds. The average molecular weight is 376 g/mol. The molecule has 0 bridgehead atoms. The van der Waals surface area contributed by atoms with Crippen molar-refractivity contribution in [1.29, 1.82) is 0 Å². The second-order valence-corrected chi connectivity index (χ2v) is 7.04. The number of para-hydroxylation sites is 2. The quantitative estimate of drug-likeness (QED) is 0.802. The van der Waals surface area contributed by atoms with Crippen molar-refractivity contribution in [3.63, 3.8) is 0 Å². The van der Waals surface area contributed by atoms with E-state index in [1.165, 1.54) is 4.90 Å². The molecule has 4 rings (SSSR count). The third-order valence-electron chi connectivity index (χ3n) is 3.95. The second kappa shape index (κ2) is 6.87. The van der Waals surface area contributed by atoms with Gasteiger partial charge in [0.05, 0.1) is 5.25 Å². The molecule has 1 aromatic carbocycles. The molecule has 0 saturated carbocycles. The van der Waals surface area contributed by atoms with Crippen molar-refractivity contribution >= 4 is 23.7 Å². The molecule has 3 heterocycles. The molecule has 0 radical (unpaired) electrons. The Hall–Kier alpha value is -2.75. The summed E-state index contributed by atoms with van der Waals surface area (Å²) in [6.45, 7) is 2.78. The van der Waals surface area contributed by atoms with Gasteiger partial charge in [-0.25, -0.2) is 4.79 Å². The number of aromatic nitrogens is 2. The second-order valence-electron chi connectivity index (χ2n) is 5.75. The molecular formula is C16H16N4O5S. The summed E-state index contributed by atoms with van der Waals surface area (Å²) in [5.41, 5.74) is 0. The number of imide groups is 1. The number of hydrogen-bond donors (Lipinski definition) is 1. The highest BCUT2D eigenvalue weighted by atomic mass is 32.2. The first-order valence-corrected chi connectivity index (χ1v) is 8.97. The third-order valence-corrected chi connectivity index (χ3v) is 4.88. The standard InChI is InChI=1S/C16H16N4O5S/c1-9(14(21)20-7-6-17-15(20)22)26-16-19-18-13(25-16)12-8-23-10-4-2-3-5-11(10)24-12/h2-5,9,12H,6-8H2,1H3,(H,17,22)/t9-,12-/m1/s1. The van der Waals surface area contributed by atoms with Gasteiger partial charge in [0.2, 0.25) is 12.0 Å². The summed E-state index contributed by atoms with van der Waals surface area (Å²) in [6, 6.07) is 6.96. The molecule has 1 N–H and O–H groups in total. The molecule has 1 fully saturated rings. The van der Waals surface area contributed by atoms with E-state index in [1.54, 1.807) is 13.0 Å². The molecule has 136 valence electrons. The van der Waals surface area contributed by atoms with Crippen LogP contribution in [0.3, 0.4) is 0 Å². The Morgan fingerprint density at radius 1 is 1.35 bits per heavy atom. The van der Waals surface area contributed by atoms with Gasteiger partial charge in [-0.3, -0.25) is 9.69 Å². The number of thioether (sulfide) groups is 1. The number of hydrogen-bond acceptors (Lipinski definition) is 8. The van der Waals surface area contributed by atoms with E-state index in [2.05, 4.69) is 15.5 Å². The zero-order valence-electron chi connectivity index (χ0n) is 13.9. The summed E-state index contributed by atoms with van der Waals surface area (Å²) in [4.78, 5) is 25.1. The van der Waals surface area contributed by atoms with Crippen molar-refractivity contribution in [2.24, 2.45) is 0 Å². The molecule has 1 saturated heterocycles. The molecular weight excluding hydrogens is 360 g/mol. The third kappa shape index (κ3) is 3.19. The molecule has 2 atom stereocenters. The maximum Gasteiger partial charge on any atom is 0.324 e. The van der Waals surface area contributed by atoms with E-state index in [4.69, 9.17) is 13.9 Å². The van der Waals surface area contributed by atoms with E-state index < -0.39 is 11.4 Å². The van der Waals surface area contributed by atoms with Crippen molar-refractivity contribution in [1.82, 2.24) is 20.4 Å². The highest BCUT2D eigenvalue weighted by molar-refractivity contribution is 8.00. The lowest BCUT2D eigenvalue weighted by molar-refractivity contribution is -0.126. The predicted molar refractivity (Wildman–Crippen MR) is 90.0 cm³/mol. The molecule has 0 unspecified atom stereocenters. The Labute approximate surface area is 153 Å². The van der Waals surface area contributed by atoms with Crippen molar-refractivity contribution in [2.45, 2.75) is 23.5 Å². The van der Waals surface area contributed by atoms with Gasteiger partial charge in [0.25, 0.3) is 11.1 Å². The summed E-state index contributed by atoms with van der Waals surface area (Å²) < 4.78 is 17.1. The van der Waals surface area contributed by atoms with Crippen LogP contribution in [0.25, 0.3) is 0 Å². The van der Waals surface area contributed by atoms with Crippen LogP contribution in [-0.2, 0) is 4.79 Å². The highest BCUT2D eigenvalue weighted by Crippen LogP contribution is 2.36. The lowest BCUT2D eigenvalue weighted by Gasteiger charge is -2.23. The van der Waals surface area contributed by atoms with Crippen molar-refractivity contribution < 1.29 is 23.5 Å². The topological polar surface area (TPSA) is 107 Å². The Morgan fingerprint density at radius 2 is 2.15 bits per heavy atom. The number of fused-ring (bicyclic) bond motifs is 1. The predicted octanol–water partition coefficient (Wildman–Crippen LogP) is 1.61. The fourth-order valence-electron chi connectivity index (χ4n) is 2.64. The first-order valence-electron chi connectivity index (χ1n) is 8.09. The van der Waals surface area contributed by atoms with Crippen LogP contribution < -0.4 is 14.8 Å².